The third-order valence-electron chi connectivity index (χ3n) is 6.15. The summed E-state index contributed by atoms with van der Waals surface area (Å²) in [4.78, 5) is 23.1. The fourth-order valence-electron chi connectivity index (χ4n) is 4.16. The molecule has 4 heterocycles. The molecule has 2 N–H and O–H groups in total. The number of halogens is 1. The number of H-pyrrole nitrogens is 1. The van der Waals surface area contributed by atoms with Crippen LogP contribution in [0.1, 0.15) is 22.6 Å². The fraction of sp³-hybridized carbons (Fsp3) is 0.273. The van der Waals surface area contributed by atoms with E-state index in [9.17, 15) is 17.6 Å². The lowest BCUT2D eigenvalue weighted by Crippen LogP contribution is -2.38. The Labute approximate surface area is 194 Å². The molecule has 0 unspecified atom stereocenters. The standard InChI is InChI=1S/C22H22FN7O3S/c1-13-20(34(32,33)17-3-4-18-14(7-17)9-26-28-18)8-19(29(13)2)21(31)27-16-5-6-30(12-16)22-24-10-15(23)11-25-22/h3-4,7-11,16H,5-6,12H2,1-2H3,(H,26,28)(H,27,31)/t16-/m1/s1. The highest BCUT2D eigenvalue weighted by Crippen LogP contribution is 2.28. The molecule has 1 atom stereocenters. The van der Waals surface area contributed by atoms with E-state index in [0.29, 0.717) is 36.5 Å². The molecule has 3 aromatic heterocycles. The molecule has 1 fully saturated rings. The first-order valence-electron chi connectivity index (χ1n) is 10.6. The fourth-order valence-corrected chi connectivity index (χ4v) is 5.74. The molecule has 1 aromatic carbocycles. The Kier molecular flexibility index (Phi) is 5.31. The molecular formula is C22H22FN7O3S. The van der Waals surface area contributed by atoms with Crippen molar-refractivity contribution in [3.8, 4) is 0 Å². The van der Waals surface area contributed by atoms with Gasteiger partial charge in [0.15, 0.2) is 5.82 Å². The monoisotopic (exact) mass is 483 g/mol. The van der Waals surface area contributed by atoms with Gasteiger partial charge < -0.3 is 14.8 Å². The summed E-state index contributed by atoms with van der Waals surface area (Å²) in [5.74, 6) is -0.484. The summed E-state index contributed by atoms with van der Waals surface area (Å²) in [7, 11) is -2.19. The summed E-state index contributed by atoms with van der Waals surface area (Å²) in [5.41, 5.74) is 1.45. The Morgan fingerprint density at radius 1 is 1.21 bits per heavy atom. The van der Waals surface area contributed by atoms with Crippen molar-refractivity contribution in [2.24, 2.45) is 7.05 Å². The van der Waals surface area contributed by atoms with E-state index in [1.54, 1.807) is 36.9 Å². The normalized spacial score (nSPS) is 16.3. The van der Waals surface area contributed by atoms with Gasteiger partial charge in [-0.05, 0) is 37.6 Å². The van der Waals surface area contributed by atoms with Crippen LogP contribution < -0.4 is 10.2 Å². The number of nitrogens with zero attached hydrogens (tertiary/aromatic N) is 5. The van der Waals surface area contributed by atoms with E-state index < -0.39 is 15.7 Å². The Bertz CT molecular complexity index is 1490. The second-order valence-corrected chi connectivity index (χ2v) is 10.2. The van der Waals surface area contributed by atoms with Crippen molar-refractivity contribution in [1.29, 1.82) is 0 Å². The van der Waals surface area contributed by atoms with Gasteiger partial charge >= 0.3 is 0 Å². The van der Waals surface area contributed by atoms with Gasteiger partial charge in [0.1, 0.15) is 5.69 Å². The summed E-state index contributed by atoms with van der Waals surface area (Å²) in [6.45, 7) is 2.75. The second-order valence-electron chi connectivity index (χ2n) is 8.27. The first kappa shape index (κ1) is 22.0. The van der Waals surface area contributed by atoms with Gasteiger partial charge in [-0.25, -0.2) is 22.8 Å². The number of carbonyl (C=O) groups is 1. The highest BCUT2D eigenvalue weighted by atomic mass is 32.2. The number of hydrogen-bond donors (Lipinski definition) is 2. The number of anilines is 1. The van der Waals surface area contributed by atoms with E-state index in [1.165, 1.54) is 12.1 Å². The minimum Gasteiger partial charge on any atom is -0.346 e. The van der Waals surface area contributed by atoms with E-state index in [-0.39, 0.29) is 27.4 Å². The number of rotatable bonds is 5. The molecule has 34 heavy (non-hydrogen) atoms. The number of benzene rings is 1. The number of nitrogens with one attached hydrogen (secondary N) is 2. The Morgan fingerprint density at radius 2 is 1.97 bits per heavy atom. The third kappa shape index (κ3) is 3.79. The largest absolute Gasteiger partial charge is 0.346 e. The molecule has 1 saturated heterocycles. The predicted octanol–water partition coefficient (Wildman–Crippen LogP) is 1.98. The van der Waals surface area contributed by atoms with Crippen LogP contribution in [-0.4, -0.2) is 58.2 Å². The van der Waals surface area contributed by atoms with Crippen LogP contribution in [0.25, 0.3) is 10.9 Å². The smallest absolute Gasteiger partial charge is 0.268 e. The topological polar surface area (TPSA) is 126 Å². The zero-order valence-corrected chi connectivity index (χ0v) is 19.3. The molecule has 176 valence electrons. The molecule has 10 nitrogen and oxygen atoms in total. The van der Waals surface area contributed by atoms with E-state index in [2.05, 4.69) is 25.5 Å². The van der Waals surface area contributed by atoms with E-state index in [4.69, 9.17) is 0 Å². The number of aromatic amines is 1. The van der Waals surface area contributed by atoms with Gasteiger partial charge in [0.05, 0.1) is 33.9 Å². The van der Waals surface area contributed by atoms with Crippen LogP contribution in [0.4, 0.5) is 10.3 Å². The SMILES string of the molecule is Cc1c(S(=O)(=O)c2ccc3[nH]ncc3c2)cc(C(=O)N[C@@H]2CCN(c3ncc(F)cn3)C2)n1C. The number of fused-ring (bicyclic) bond motifs is 1. The van der Waals surface area contributed by atoms with Crippen LogP contribution in [-0.2, 0) is 16.9 Å². The van der Waals surface area contributed by atoms with Crippen molar-refractivity contribution in [2.75, 3.05) is 18.0 Å². The van der Waals surface area contributed by atoms with E-state index in [1.807, 2.05) is 4.90 Å². The Balaban J connectivity index is 1.36. The van der Waals surface area contributed by atoms with Crippen LogP contribution in [0.15, 0.2) is 52.6 Å². The molecule has 0 aliphatic carbocycles. The zero-order chi connectivity index (χ0) is 24.0. The highest BCUT2D eigenvalue weighted by molar-refractivity contribution is 7.91. The van der Waals surface area contributed by atoms with E-state index >= 15 is 0 Å². The van der Waals surface area contributed by atoms with Crippen molar-refractivity contribution in [3.63, 3.8) is 0 Å². The lowest BCUT2D eigenvalue weighted by molar-refractivity contribution is 0.0932. The number of sulfone groups is 1. The van der Waals surface area contributed by atoms with Crippen molar-refractivity contribution >= 4 is 32.6 Å². The minimum atomic E-state index is -3.85. The molecule has 0 radical (unpaired) electrons. The summed E-state index contributed by atoms with van der Waals surface area (Å²) < 4.78 is 41.4. The number of hydrogen-bond acceptors (Lipinski definition) is 7. The molecule has 0 bridgehead atoms. The maximum atomic E-state index is 13.4. The summed E-state index contributed by atoms with van der Waals surface area (Å²) in [6.07, 6.45) is 4.43. The van der Waals surface area contributed by atoms with Crippen molar-refractivity contribution < 1.29 is 17.6 Å². The van der Waals surface area contributed by atoms with Gasteiger partial charge in [-0.15, -0.1) is 0 Å². The maximum absolute atomic E-state index is 13.4. The molecule has 1 aliphatic rings. The molecule has 0 spiro atoms. The lowest BCUT2D eigenvalue weighted by atomic mass is 10.2. The number of aromatic nitrogens is 5. The summed E-state index contributed by atoms with van der Waals surface area (Å²) in [6, 6.07) is 5.98. The Morgan fingerprint density at radius 3 is 2.74 bits per heavy atom. The molecule has 4 aromatic rings. The molecule has 0 saturated carbocycles. The molecule has 1 amide bonds. The Hall–Kier alpha value is -3.80. The average Bonchev–Trinajstić information content (AvgIpc) is 3.54. The third-order valence-corrected chi connectivity index (χ3v) is 8.01. The van der Waals surface area contributed by atoms with Crippen LogP contribution in [0, 0.1) is 12.7 Å². The number of amides is 1. The predicted molar refractivity (Wildman–Crippen MR) is 122 cm³/mol. The maximum Gasteiger partial charge on any atom is 0.268 e. The van der Waals surface area contributed by atoms with Crippen LogP contribution in [0.2, 0.25) is 0 Å². The molecular weight excluding hydrogens is 461 g/mol. The minimum absolute atomic E-state index is 0.0794. The van der Waals surface area contributed by atoms with Crippen LogP contribution >= 0.6 is 0 Å². The first-order valence-corrected chi connectivity index (χ1v) is 12.1. The average molecular weight is 484 g/mol. The van der Waals surface area contributed by atoms with Crippen LogP contribution in [0.3, 0.4) is 0 Å². The van der Waals surface area contributed by atoms with Gasteiger partial charge in [-0.1, -0.05) is 0 Å². The lowest BCUT2D eigenvalue weighted by Gasteiger charge is -2.16. The number of carbonyl (C=O) groups excluding carboxylic acids is 1. The molecule has 12 heteroatoms. The van der Waals surface area contributed by atoms with Crippen molar-refractivity contribution in [3.05, 3.63) is 60.1 Å². The van der Waals surface area contributed by atoms with Crippen molar-refractivity contribution in [1.82, 2.24) is 30.0 Å². The van der Waals surface area contributed by atoms with Gasteiger partial charge in [-0.2, -0.15) is 5.10 Å². The quantitative estimate of drug-likeness (QED) is 0.445. The van der Waals surface area contributed by atoms with Crippen LogP contribution in [0.5, 0.6) is 0 Å². The molecule has 1 aliphatic heterocycles. The first-order chi connectivity index (χ1) is 16.2. The van der Waals surface area contributed by atoms with Gasteiger partial charge in [0.25, 0.3) is 5.91 Å². The molecule has 5 rings (SSSR count). The van der Waals surface area contributed by atoms with E-state index in [0.717, 1.165) is 17.9 Å². The van der Waals surface area contributed by atoms with Crippen molar-refractivity contribution in [2.45, 2.75) is 29.2 Å². The second kappa shape index (κ2) is 8.20. The summed E-state index contributed by atoms with van der Waals surface area (Å²) >= 11 is 0. The van der Waals surface area contributed by atoms with Gasteiger partial charge in [-0.3, -0.25) is 9.89 Å². The zero-order valence-electron chi connectivity index (χ0n) is 18.5. The summed E-state index contributed by atoms with van der Waals surface area (Å²) in [5, 5.41) is 10.4. The van der Waals surface area contributed by atoms with Gasteiger partial charge in [0, 0.05) is 37.3 Å². The van der Waals surface area contributed by atoms with Gasteiger partial charge in [0.2, 0.25) is 15.8 Å². The highest BCUT2D eigenvalue weighted by Gasteiger charge is 2.29.